The molecule has 9 N–H and O–H groups in total. The summed E-state index contributed by atoms with van der Waals surface area (Å²) in [5, 5.41) is 95.1. The first-order valence-electron chi connectivity index (χ1n) is 22.8. The Labute approximate surface area is 361 Å². The van der Waals surface area contributed by atoms with E-state index >= 15 is 0 Å². The van der Waals surface area contributed by atoms with Gasteiger partial charge < -0.3 is 83.9 Å². The molecule has 9 fully saturated rings. The first kappa shape index (κ1) is 45.9. The number of carbonyl (C=O) groups excluding carboxylic acids is 1. The van der Waals surface area contributed by atoms with Gasteiger partial charge in [-0.15, -0.1) is 0 Å². The van der Waals surface area contributed by atoms with Gasteiger partial charge in [-0.25, -0.2) is 0 Å². The lowest BCUT2D eigenvalue weighted by Crippen LogP contribution is -2.67. The lowest BCUT2D eigenvalue weighted by atomic mass is 9.44. The van der Waals surface area contributed by atoms with Gasteiger partial charge >= 0.3 is 0 Å². The van der Waals surface area contributed by atoms with Crippen molar-refractivity contribution < 1.29 is 88.6 Å². The fraction of sp³-hybridized carbons (Fsp3) is 0.932. The van der Waals surface area contributed by atoms with Crippen molar-refractivity contribution in [3.63, 3.8) is 0 Å². The number of fused-ring (bicyclic) bond motifs is 7. The van der Waals surface area contributed by atoms with Crippen molar-refractivity contribution in [2.75, 3.05) is 26.4 Å². The monoisotopic (exact) mass is 884 g/mol. The van der Waals surface area contributed by atoms with Crippen LogP contribution in [0.2, 0.25) is 0 Å². The van der Waals surface area contributed by atoms with Gasteiger partial charge in [-0.2, -0.15) is 0 Å². The van der Waals surface area contributed by atoms with Crippen LogP contribution in [0.4, 0.5) is 0 Å². The number of ether oxygens (including phenoxy) is 8. The second-order valence-electron chi connectivity index (χ2n) is 20.5. The van der Waals surface area contributed by atoms with Crippen molar-refractivity contribution in [3.8, 4) is 0 Å². The Kier molecular flexibility index (Phi) is 12.7. The largest absolute Gasteiger partial charge is 0.394 e. The minimum Gasteiger partial charge on any atom is -0.394 e. The molecular weight excluding hydrogens is 816 g/mol. The van der Waals surface area contributed by atoms with E-state index in [0.717, 1.165) is 44.1 Å². The molecule has 5 aliphatic heterocycles. The van der Waals surface area contributed by atoms with Gasteiger partial charge in [-0.1, -0.05) is 32.9 Å². The van der Waals surface area contributed by atoms with Gasteiger partial charge in [0.15, 0.2) is 24.7 Å². The Morgan fingerprint density at radius 2 is 1.45 bits per heavy atom. The molecule has 18 nitrogen and oxygen atoms in total. The summed E-state index contributed by atoms with van der Waals surface area (Å²) in [7, 11) is 0. The number of ketones is 1. The molecule has 5 saturated heterocycles. The molecule has 9 aliphatic rings. The lowest BCUT2D eigenvalue weighted by molar-refractivity contribution is -0.392. The maximum atomic E-state index is 14.7. The van der Waals surface area contributed by atoms with E-state index in [1.807, 2.05) is 0 Å². The second kappa shape index (κ2) is 17.1. The molecule has 0 aromatic rings. The molecule has 9 rings (SSSR count). The van der Waals surface area contributed by atoms with Gasteiger partial charge in [0.05, 0.1) is 38.6 Å². The third-order valence-electron chi connectivity index (χ3n) is 17.5. The summed E-state index contributed by atoms with van der Waals surface area (Å²) in [5.74, 6) is 0.767. The van der Waals surface area contributed by atoms with Crippen LogP contribution >= 0.6 is 0 Å². The lowest BCUT2D eigenvalue weighted by Gasteiger charge is -2.61. The predicted molar refractivity (Wildman–Crippen MR) is 210 cm³/mol. The molecule has 0 aromatic heterocycles. The molecule has 0 bridgehead atoms. The molecule has 0 aromatic carbocycles. The SMILES string of the molecule is C=C1CC[C@@]2(OC1)O[C@H]1C[C@H]3[C@@H]4CC[C@@H]5C[C@@H](O[C@@H]6O[C@H](CO)[C@H](O)[C@H](O[C@@H]7OC[C@@H](O)[C@H](O)[C@H]7O)[C@H]6O[C@@H]6O[C@H](CO)[C@@H](O)[C@H](O)[C@H]6O)CC[C@]5(C)[C@H]4CC(=O)[C@]3(C)[C@H]1[C@@H]2C. The number of carbonyl (C=O) groups is 1. The molecule has 0 unspecified atom stereocenters. The Morgan fingerprint density at radius 1 is 0.758 bits per heavy atom. The molecule has 352 valence electrons. The predicted octanol–water partition coefficient (Wildman–Crippen LogP) is -0.995. The van der Waals surface area contributed by atoms with Gasteiger partial charge in [0.25, 0.3) is 0 Å². The van der Waals surface area contributed by atoms with Crippen LogP contribution in [0.15, 0.2) is 12.2 Å². The zero-order chi connectivity index (χ0) is 44.2. The van der Waals surface area contributed by atoms with Gasteiger partial charge in [-0.05, 0) is 74.0 Å². The van der Waals surface area contributed by atoms with Crippen LogP contribution in [0.25, 0.3) is 0 Å². The number of Topliss-reactive ketones (excluding diaryl/α,β-unsaturated/α-hetero) is 1. The van der Waals surface area contributed by atoms with E-state index in [-0.39, 0.29) is 41.1 Å². The van der Waals surface area contributed by atoms with Gasteiger partial charge in [0.2, 0.25) is 0 Å². The summed E-state index contributed by atoms with van der Waals surface area (Å²) in [6, 6.07) is 0. The summed E-state index contributed by atoms with van der Waals surface area (Å²) >= 11 is 0. The summed E-state index contributed by atoms with van der Waals surface area (Å²) in [4.78, 5) is 14.7. The Bertz CT molecular complexity index is 1640. The van der Waals surface area contributed by atoms with Crippen molar-refractivity contribution in [2.45, 2.75) is 183 Å². The van der Waals surface area contributed by atoms with Crippen molar-refractivity contribution in [3.05, 3.63) is 12.2 Å². The zero-order valence-electron chi connectivity index (χ0n) is 35.8. The van der Waals surface area contributed by atoms with Gasteiger partial charge in [-0.3, -0.25) is 4.79 Å². The highest BCUT2D eigenvalue weighted by atomic mass is 16.8. The molecule has 4 saturated carbocycles. The molecule has 18 heteroatoms. The number of aliphatic hydroxyl groups excluding tert-OH is 9. The van der Waals surface area contributed by atoms with Crippen LogP contribution < -0.4 is 0 Å². The Balaban J connectivity index is 0.930. The summed E-state index contributed by atoms with van der Waals surface area (Å²) in [5.41, 5.74) is 0.419. The van der Waals surface area contributed by atoms with Crippen LogP contribution in [-0.2, 0) is 42.7 Å². The molecule has 0 radical (unpaired) electrons. The van der Waals surface area contributed by atoms with E-state index in [0.29, 0.717) is 37.6 Å². The molecule has 62 heavy (non-hydrogen) atoms. The van der Waals surface area contributed by atoms with E-state index in [1.54, 1.807) is 0 Å². The zero-order valence-corrected chi connectivity index (χ0v) is 35.8. The quantitative estimate of drug-likeness (QED) is 0.105. The van der Waals surface area contributed by atoms with Crippen LogP contribution in [0.1, 0.15) is 78.6 Å². The molecule has 4 aliphatic carbocycles. The molecule has 1 spiro atoms. The second-order valence-corrected chi connectivity index (χ2v) is 20.5. The average Bonchev–Trinajstić information content (AvgIpc) is 3.70. The fourth-order valence-electron chi connectivity index (χ4n) is 13.9. The molecule has 25 atom stereocenters. The van der Waals surface area contributed by atoms with Crippen LogP contribution in [-0.4, -0.2) is 182 Å². The minimum atomic E-state index is -1.85. The van der Waals surface area contributed by atoms with E-state index in [4.69, 9.17) is 37.9 Å². The first-order chi connectivity index (χ1) is 29.4. The van der Waals surface area contributed by atoms with Crippen molar-refractivity contribution in [1.82, 2.24) is 0 Å². The topological polar surface area (TPSA) is 273 Å². The van der Waals surface area contributed by atoms with Crippen LogP contribution in [0, 0.1) is 46.3 Å². The number of hydrogen-bond donors (Lipinski definition) is 9. The summed E-state index contributed by atoms with van der Waals surface area (Å²) < 4.78 is 49.5. The maximum absolute atomic E-state index is 14.7. The minimum absolute atomic E-state index is 0.0314. The third-order valence-corrected chi connectivity index (χ3v) is 17.5. The number of hydrogen-bond acceptors (Lipinski definition) is 18. The Morgan fingerprint density at radius 3 is 2.16 bits per heavy atom. The Hall–Kier alpha value is -1.27. The number of rotatable bonds is 8. The molecular formula is C44H68O18. The molecule has 5 heterocycles. The van der Waals surface area contributed by atoms with Gasteiger partial charge in [0, 0.05) is 30.1 Å². The van der Waals surface area contributed by atoms with E-state index in [9.17, 15) is 50.8 Å². The van der Waals surface area contributed by atoms with E-state index < -0.39 is 123 Å². The standard InChI is InChI=1S/C44H68O18/c1-18-7-10-44(56-16-18)19(2)30-26(62-44)12-24-22-6-5-20-11-21(8-9-42(20,3)23(22)13-29(48)43(24,30)4)57-41-38(61-40-36(54)34(52)32(50)27(14-45)58-40)37(33(51)28(15-46)59-41)60-39-35(53)31(49)25(47)17-55-39/h19-28,30-41,45-47,49-54H,1,5-17H2,2-4H3/t19-,20+,21-,22+,23-,24-,25+,26-,27+,28+,30-,31-,32+,33-,34-,35+,36+,37-,38+,39-,40-,41+,42-,43+,44+/m0/s1. The van der Waals surface area contributed by atoms with Gasteiger partial charge in [0.1, 0.15) is 72.9 Å². The summed E-state index contributed by atoms with van der Waals surface area (Å²) in [6.45, 7) is 9.48. The third kappa shape index (κ3) is 7.30. The van der Waals surface area contributed by atoms with Crippen LogP contribution in [0.3, 0.4) is 0 Å². The average molecular weight is 885 g/mol. The van der Waals surface area contributed by atoms with E-state index in [2.05, 4.69) is 27.4 Å². The highest BCUT2D eigenvalue weighted by Gasteiger charge is 2.72. The van der Waals surface area contributed by atoms with Crippen molar-refractivity contribution in [2.24, 2.45) is 46.3 Å². The highest BCUT2D eigenvalue weighted by molar-refractivity contribution is 5.87. The summed E-state index contributed by atoms with van der Waals surface area (Å²) in [6.07, 6.45) is -16.0. The van der Waals surface area contributed by atoms with E-state index in [1.165, 1.54) is 0 Å². The van der Waals surface area contributed by atoms with Crippen molar-refractivity contribution >= 4 is 5.78 Å². The number of aliphatic hydroxyl groups is 9. The van der Waals surface area contributed by atoms with Crippen molar-refractivity contribution in [1.29, 1.82) is 0 Å². The molecule has 0 amide bonds. The first-order valence-corrected chi connectivity index (χ1v) is 22.8. The maximum Gasteiger partial charge on any atom is 0.187 e. The van der Waals surface area contributed by atoms with Crippen LogP contribution in [0.5, 0.6) is 0 Å². The fourth-order valence-corrected chi connectivity index (χ4v) is 13.9. The smallest absolute Gasteiger partial charge is 0.187 e. The highest BCUT2D eigenvalue weighted by Crippen LogP contribution is 2.70. The normalized spacial score (nSPS) is 56.6.